The first-order chi connectivity index (χ1) is 6.15. The lowest BCUT2D eigenvalue weighted by molar-refractivity contribution is -0.119. The first-order valence-electron chi connectivity index (χ1n) is 4.97. The fraction of sp³-hybridized carbons (Fsp3) is 0.583. The molecule has 1 unspecified atom stereocenters. The molecule has 0 N–H and O–H groups in total. The minimum Gasteiger partial charge on any atom is -0.295 e. The number of carbonyl (C=O) groups is 1. The molecule has 1 aliphatic rings. The third-order valence-electron chi connectivity index (χ3n) is 3.04. The predicted octanol–water partition coefficient (Wildman–Crippen LogP) is 3.12. The Morgan fingerprint density at radius 1 is 1.77 bits per heavy atom. The van der Waals surface area contributed by atoms with Crippen molar-refractivity contribution < 1.29 is 4.79 Å². The van der Waals surface area contributed by atoms with Crippen LogP contribution in [-0.2, 0) is 4.79 Å². The van der Waals surface area contributed by atoms with Crippen LogP contribution in [0.4, 0.5) is 0 Å². The fourth-order valence-corrected chi connectivity index (χ4v) is 1.86. The third kappa shape index (κ3) is 2.55. The van der Waals surface area contributed by atoms with Crippen LogP contribution in [0.25, 0.3) is 0 Å². The first kappa shape index (κ1) is 10.2. The van der Waals surface area contributed by atoms with Gasteiger partial charge in [-0.3, -0.25) is 4.79 Å². The summed E-state index contributed by atoms with van der Waals surface area (Å²) in [7, 11) is 0. The second-order valence-electron chi connectivity index (χ2n) is 3.98. The lowest BCUT2D eigenvalue weighted by Crippen LogP contribution is -2.20. The molecule has 0 radical (unpaired) electrons. The molecule has 0 aromatic rings. The van der Waals surface area contributed by atoms with Crippen LogP contribution in [-0.4, -0.2) is 5.78 Å². The molecule has 0 aromatic heterocycles. The van der Waals surface area contributed by atoms with Gasteiger partial charge in [0.05, 0.1) is 0 Å². The van der Waals surface area contributed by atoms with Crippen LogP contribution in [0.2, 0.25) is 0 Å². The summed E-state index contributed by atoms with van der Waals surface area (Å²) in [6, 6.07) is 0. The van der Waals surface area contributed by atoms with Gasteiger partial charge in [-0.25, -0.2) is 0 Å². The zero-order valence-electron chi connectivity index (χ0n) is 8.55. The molecule has 0 saturated heterocycles. The number of rotatable bonds is 3. The van der Waals surface area contributed by atoms with E-state index in [1.807, 2.05) is 6.92 Å². The smallest absolute Gasteiger partial charge is 0.158 e. The van der Waals surface area contributed by atoms with Gasteiger partial charge in [-0.05, 0) is 38.2 Å². The van der Waals surface area contributed by atoms with Gasteiger partial charge in [0.15, 0.2) is 5.78 Å². The average molecular weight is 178 g/mol. The molecule has 0 amide bonds. The Labute approximate surface area is 80.5 Å². The van der Waals surface area contributed by atoms with E-state index in [1.165, 1.54) is 11.6 Å². The Morgan fingerprint density at radius 3 is 2.92 bits per heavy atom. The molecule has 0 saturated carbocycles. The van der Waals surface area contributed by atoms with Crippen LogP contribution < -0.4 is 0 Å². The van der Waals surface area contributed by atoms with Crippen molar-refractivity contribution in [3.05, 3.63) is 24.3 Å². The van der Waals surface area contributed by atoms with E-state index in [0.29, 0.717) is 5.92 Å². The molecular weight excluding hydrogens is 160 g/mol. The minimum atomic E-state index is 0.154. The second kappa shape index (κ2) is 4.40. The lowest BCUT2D eigenvalue weighted by atomic mass is 9.80. The normalized spacial score (nSPS) is 24.8. The van der Waals surface area contributed by atoms with Crippen molar-refractivity contribution in [2.24, 2.45) is 11.8 Å². The molecular formula is C12H18O. The maximum Gasteiger partial charge on any atom is 0.158 e. The van der Waals surface area contributed by atoms with Gasteiger partial charge in [-0.15, -0.1) is 0 Å². The number of carbonyl (C=O) groups excluding carboxylic acids is 1. The summed E-state index contributed by atoms with van der Waals surface area (Å²) >= 11 is 0. The Morgan fingerprint density at radius 2 is 2.46 bits per heavy atom. The molecule has 1 rings (SSSR count). The van der Waals surface area contributed by atoms with Crippen molar-refractivity contribution in [1.82, 2.24) is 0 Å². The molecule has 1 heteroatoms. The van der Waals surface area contributed by atoms with Gasteiger partial charge < -0.3 is 0 Å². The maximum atomic E-state index is 11.4. The first-order valence-corrected chi connectivity index (χ1v) is 4.97. The monoisotopic (exact) mass is 178 g/mol. The lowest BCUT2D eigenvalue weighted by Gasteiger charge is -2.24. The molecule has 0 fully saturated rings. The van der Waals surface area contributed by atoms with E-state index in [1.54, 1.807) is 0 Å². The van der Waals surface area contributed by atoms with E-state index in [-0.39, 0.29) is 11.7 Å². The Balaban J connectivity index is 2.54. The van der Waals surface area contributed by atoms with Gasteiger partial charge in [0, 0.05) is 5.92 Å². The number of hydrogen-bond acceptors (Lipinski definition) is 1. The highest BCUT2D eigenvalue weighted by Gasteiger charge is 2.22. The van der Waals surface area contributed by atoms with E-state index in [0.717, 1.165) is 19.3 Å². The Bertz CT molecular complexity index is 238. The highest BCUT2D eigenvalue weighted by molar-refractivity contribution is 5.91. The van der Waals surface area contributed by atoms with Gasteiger partial charge in [0.25, 0.3) is 0 Å². The van der Waals surface area contributed by atoms with Crippen molar-refractivity contribution in [2.45, 2.75) is 33.1 Å². The number of ketones is 1. The molecule has 72 valence electrons. The van der Waals surface area contributed by atoms with Crippen molar-refractivity contribution in [3.63, 3.8) is 0 Å². The summed E-state index contributed by atoms with van der Waals surface area (Å²) in [5.74, 6) is 0.883. The number of allylic oxidation sites excluding steroid dienone is 3. The molecule has 1 nitrogen and oxygen atoms in total. The van der Waals surface area contributed by atoms with Gasteiger partial charge in [-0.2, -0.15) is 0 Å². The average Bonchev–Trinajstić information content (AvgIpc) is 2.17. The largest absolute Gasteiger partial charge is 0.295 e. The number of hydrogen-bond donors (Lipinski definition) is 0. The molecule has 0 bridgehead atoms. The Hall–Kier alpha value is -0.850. The summed E-state index contributed by atoms with van der Waals surface area (Å²) in [5, 5.41) is 0. The molecule has 0 heterocycles. The van der Waals surface area contributed by atoms with Crippen LogP contribution in [0.15, 0.2) is 24.3 Å². The fourth-order valence-electron chi connectivity index (χ4n) is 1.86. The predicted molar refractivity (Wildman–Crippen MR) is 55.5 cm³/mol. The van der Waals surface area contributed by atoms with E-state index in [9.17, 15) is 4.79 Å². The van der Waals surface area contributed by atoms with Crippen LogP contribution in [0.5, 0.6) is 0 Å². The molecule has 1 aliphatic carbocycles. The summed E-state index contributed by atoms with van der Waals surface area (Å²) < 4.78 is 0. The van der Waals surface area contributed by atoms with Gasteiger partial charge in [0.2, 0.25) is 0 Å². The summed E-state index contributed by atoms with van der Waals surface area (Å²) in [6.07, 6.45) is 7.09. The second-order valence-corrected chi connectivity index (χ2v) is 3.98. The SMILES string of the molecule is C=CC(=O)C(C)[C@H]1CC=C(C)CC1. The van der Waals surface area contributed by atoms with Gasteiger partial charge in [0.1, 0.15) is 0 Å². The van der Waals surface area contributed by atoms with E-state index < -0.39 is 0 Å². The van der Waals surface area contributed by atoms with E-state index in [4.69, 9.17) is 0 Å². The molecule has 2 atom stereocenters. The van der Waals surface area contributed by atoms with E-state index >= 15 is 0 Å². The highest BCUT2D eigenvalue weighted by Crippen LogP contribution is 2.29. The van der Waals surface area contributed by atoms with Crippen LogP contribution in [0.1, 0.15) is 33.1 Å². The van der Waals surface area contributed by atoms with Crippen molar-refractivity contribution in [1.29, 1.82) is 0 Å². The van der Waals surface area contributed by atoms with E-state index in [2.05, 4.69) is 19.6 Å². The zero-order valence-corrected chi connectivity index (χ0v) is 8.55. The standard InChI is InChI=1S/C12H18O/c1-4-12(13)10(3)11-7-5-9(2)6-8-11/h4-5,10-11H,1,6-8H2,2-3H3/t10?,11-/m0/s1. The summed E-state index contributed by atoms with van der Waals surface area (Å²) in [4.78, 5) is 11.4. The summed E-state index contributed by atoms with van der Waals surface area (Å²) in [6.45, 7) is 7.71. The van der Waals surface area contributed by atoms with Crippen LogP contribution in [0.3, 0.4) is 0 Å². The summed E-state index contributed by atoms with van der Waals surface area (Å²) in [5.41, 5.74) is 1.47. The zero-order chi connectivity index (χ0) is 9.84. The molecule has 0 spiro atoms. The van der Waals surface area contributed by atoms with Crippen molar-refractivity contribution in [2.75, 3.05) is 0 Å². The maximum absolute atomic E-state index is 11.4. The van der Waals surface area contributed by atoms with Crippen LogP contribution >= 0.6 is 0 Å². The van der Waals surface area contributed by atoms with Crippen molar-refractivity contribution >= 4 is 5.78 Å². The third-order valence-corrected chi connectivity index (χ3v) is 3.04. The van der Waals surface area contributed by atoms with Crippen molar-refractivity contribution in [3.8, 4) is 0 Å². The topological polar surface area (TPSA) is 17.1 Å². The molecule has 0 aromatic carbocycles. The van der Waals surface area contributed by atoms with Gasteiger partial charge >= 0.3 is 0 Å². The van der Waals surface area contributed by atoms with Crippen LogP contribution in [0, 0.1) is 11.8 Å². The Kier molecular flexibility index (Phi) is 3.47. The highest BCUT2D eigenvalue weighted by atomic mass is 16.1. The molecule has 13 heavy (non-hydrogen) atoms. The molecule has 0 aliphatic heterocycles. The van der Waals surface area contributed by atoms with Gasteiger partial charge in [-0.1, -0.05) is 25.2 Å². The minimum absolute atomic E-state index is 0.154. The quantitative estimate of drug-likeness (QED) is 0.479.